The lowest BCUT2D eigenvalue weighted by Crippen LogP contribution is -1.99. The van der Waals surface area contributed by atoms with Crippen LogP contribution in [0.3, 0.4) is 0 Å². The van der Waals surface area contributed by atoms with Crippen molar-refractivity contribution < 1.29 is 19.1 Å². The number of rotatable bonds is 5. The van der Waals surface area contributed by atoms with Crippen molar-refractivity contribution >= 4 is 5.97 Å². The normalized spacial score (nSPS) is 10.6. The Morgan fingerprint density at radius 3 is 3.00 bits per heavy atom. The van der Waals surface area contributed by atoms with Gasteiger partial charge < -0.3 is 14.3 Å². The summed E-state index contributed by atoms with van der Waals surface area (Å²) >= 11 is 0. The zero-order chi connectivity index (χ0) is 13.1. The minimum atomic E-state index is -0.988. The SMILES string of the molecule is CCOc1cnn(Cc2cc(C(=O)O)c(C)o2)c1. The largest absolute Gasteiger partial charge is 0.491 e. The Morgan fingerprint density at radius 2 is 2.39 bits per heavy atom. The molecule has 0 bridgehead atoms. The molecular weight excluding hydrogens is 236 g/mol. The Kier molecular flexibility index (Phi) is 3.36. The fraction of sp³-hybridized carbons (Fsp3) is 0.333. The third kappa shape index (κ3) is 2.53. The van der Waals surface area contributed by atoms with Gasteiger partial charge in [0.25, 0.3) is 0 Å². The van der Waals surface area contributed by atoms with Crippen molar-refractivity contribution in [2.45, 2.75) is 20.4 Å². The number of nitrogens with zero attached hydrogens (tertiary/aromatic N) is 2. The Hall–Kier alpha value is -2.24. The van der Waals surface area contributed by atoms with Crippen LogP contribution < -0.4 is 4.74 Å². The lowest BCUT2D eigenvalue weighted by atomic mass is 10.2. The maximum atomic E-state index is 10.9. The van der Waals surface area contributed by atoms with E-state index in [0.29, 0.717) is 30.4 Å². The van der Waals surface area contributed by atoms with E-state index in [9.17, 15) is 4.79 Å². The first-order valence-electron chi connectivity index (χ1n) is 5.58. The Bertz CT molecular complexity index is 556. The number of furan rings is 1. The number of ether oxygens (including phenoxy) is 1. The molecule has 2 aromatic rings. The standard InChI is InChI=1S/C12H14N2O4/c1-3-17-10-5-13-14(7-10)6-9-4-11(12(15)16)8(2)18-9/h4-5,7H,3,6H2,1-2H3,(H,15,16). The summed E-state index contributed by atoms with van der Waals surface area (Å²) < 4.78 is 12.3. The molecule has 0 aliphatic carbocycles. The van der Waals surface area contributed by atoms with E-state index in [1.54, 1.807) is 24.0 Å². The number of aromatic carboxylic acids is 1. The predicted molar refractivity (Wildman–Crippen MR) is 62.9 cm³/mol. The Balaban J connectivity index is 2.13. The molecule has 6 heteroatoms. The second kappa shape index (κ2) is 4.95. The fourth-order valence-electron chi connectivity index (χ4n) is 1.67. The molecule has 96 valence electrons. The number of carboxylic acids is 1. The van der Waals surface area contributed by atoms with Crippen LogP contribution >= 0.6 is 0 Å². The lowest BCUT2D eigenvalue weighted by molar-refractivity contribution is 0.0695. The van der Waals surface area contributed by atoms with E-state index in [4.69, 9.17) is 14.3 Å². The highest BCUT2D eigenvalue weighted by Crippen LogP contribution is 2.16. The summed E-state index contributed by atoms with van der Waals surface area (Å²) in [5.41, 5.74) is 0.183. The van der Waals surface area contributed by atoms with E-state index in [-0.39, 0.29) is 5.56 Å². The summed E-state index contributed by atoms with van der Waals surface area (Å²) in [4.78, 5) is 10.9. The molecule has 2 aromatic heterocycles. The van der Waals surface area contributed by atoms with Crippen LogP contribution in [0, 0.1) is 6.92 Å². The molecule has 2 heterocycles. The smallest absolute Gasteiger partial charge is 0.339 e. The summed E-state index contributed by atoms with van der Waals surface area (Å²) in [6, 6.07) is 1.51. The van der Waals surface area contributed by atoms with Gasteiger partial charge in [0, 0.05) is 0 Å². The van der Waals surface area contributed by atoms with Crippen LogP contribution in [0.2, 0.25) is 0 Å². The molecule has 6 nitrogen and oxygen atoms in total. The third-order valence-corrected chi connectivity index (χ3v) is 2.44. The van der Waals surface area contributed by atoms with Crippen LogP contribution in [0.1, 0.15) is 28.8 Å². The van der Waals surface area contributed by atoms with E-state index in [0.717, 1.165) is 0 Å². The van der Waals surface area contributed by atoms with Crippen molar-refractivity contribution in [2.75, 3.05) is 6.61 Å². The third-order valence-electron chi connectivity index (χ3n) is 2.44. The molecule has 2 rings (SSSR count). The highest BCUT2D eigenvalue weighted by atomic mass is 16.5. The quantitative estimate of drug-likeness (QED) is 0.877. The van der Waals surface area contributed by atoms with Gasteiger partial charge >= 0.3 is 5.97 Å². The number of hydrogen-bond donors (Lipinski definition) is 1. The second-order valence-electron chi connectivity index (χ2n) is 3.79. The van der Waals surface area contributed by atoms with Crippen LogP contribution in [0.15, 0.2) is 22.9 Å². The van der Waals surface area contributed by atoms with Crippen LogP contribution in [-0.4, -0.2) is 27.5 Å². The zero-order valence-electron chi connectivity index (χ0n) is 10.2. The molecule has 18 heavy (non-hydrogen) atoms. The van der Waals surface area contributed by atoms with Gasteiger partial charge in [-0.25, -0.2) is 4.79 Å². The van der Waals surface area contributed by atoms with Gasteiger partial charge in [-0.2, -0.15) is 5.10 Å². The fourth-order valence-corrected chi connectivity index (χ4v) is 1.67. The molecule has 0 spiro atoms. The van der Waals surface area contributed by atoms with Gasteiger partial charge in [-0.3, -0.25) is 4.68 Å². The average Bonchev–Trinajstić information content (AvgIpc) is 2.87. The van der Waals surface area contributed by atoms with E-state index < -0.39 is 5.97 Å². The minimum Gasteiger partial charge on any atom is -0.491 e. The first kappa shape index (κ1) is 12.2. The van der Waals surface area contributed by atoms with Crippen molar-refractivity contribution in [1.29, 1.82) is 0 Å². The Morgan fingerprint density at radius 1 is 1.61 bits per heavy atom. The van der Waals surface area contributed by atoms with Crippen LogP contribution in [0.5, 0.6) is 5.75 Å². The van der Waals surface area contributed by atoms with E-state index in [2.05, 4.69) is 5.10 Å². The molecule has 0 aliphatic rings. The van der Waals surface area contributed by atoms with Crippen molar-refractivity contribution in [3.8, 4) is 5.75 Å². The van der Waals surface area contributed by atoms with Crippen LogP contribution in [0.25, 0.3) is 0 Å². The van der Waals surface area contributed by atoms with Gasteiger partial charge in [0.05, 0.1) is 25.5 Å². The maximum absolute atomic E-state index is 10.9. The van der Waals surface area contributed by atoms with Gasteiger partial charge in [-0.1, -0.05) is 0 Å². The number of aromatic nitrogens is 2. The minimum absolute atomic E-state index is 0.183. The van der Waals surface area contributed by atoms with Crippen molar-refractivity contribution in [1.82, 2.24) is 9.78 Å². The summed E-state index contributed by atoms with van der Waals surface area (Å²) in [7, 11) is 0. The molecule has 0 fully saturated rings. The van der Waals surface area contributed by atoms with E-state index >= 15 is 0 Å². The molecular formula is C12H14N2O4. The molecule has 0 saturated carbocycles. The molecule has 0 aliphatic heterocycles. The molecule has 1 N–H and O–H groups in total. The number of carboxylic acid groups (broad SMARTS) is 1. The summed E-state index contributed by atoms with van der Waals surface area (Å²) in [5, 5.41) is 13.0. The highest BCUT2D eigenvalue weighted by Gasteiger charge is 2.14. The molecule has 0 amide bonds. The van der Waals surface area contributed by atoms with Crippen molar-refractivity contribution in [3.63, 3.8) is 0 Å². The van der Waals surface area contributed by atoms with Crippen molar-refractivity contribution in [2.24, 2.45) is 0 Å². The van der Waals surface area contributed by atoms with Gasteiger partial charge in [0.15, 0.2) is 5.75 Å². The average molecular weight is 250 g/mol. The summed E-state index contributed by atoms with van der Waals surface area (Å²) in [6.45, 7) is 4.48. The Labute approximate surface area is 104 Å². The molecule has 0 radical (unpaired) electrons. The lowest BCUT2D eigenvalue weighted by Gasteiger charge is -1.97. The van der Waals surface area contributed by atoms with E-state index in [1.165, 1.54) is 6.07 Å². The van der Waals surface area contributed by atoms with Gasteiger partial charge in [0.1, 0.15) is 17.1 Å². The van der Waals surface area contributed by atoms with Crippen molar-refractivity contribution in [3.05, 3.63) is 35.5 Å². The summed E-state index contributed by atoms with van der Waals surface area (Å²) in [6.07, 6.45) is 3.35. The van der Waals surface area contributed by atoms with Gasteiger partial charge in [0.2, 0.25) is 0 Å². The topological polar surface area (TPSA) is 77.5 Å². The number of hydrogen-bond acceptors (Lipinski definition) is 4. The second-order valence-corrected chi connectivity index (χ2v) is 3.79. The predicted octanol–water partition coefficient (Wildman–Crippen LogP) is 1.93. The van der Waals surface area contributed by atoms with Gasteiger partial charge in [-0.05, 0) is 19.9 Å². The van der Waals surface area contributed by atoms with Crippen LogP contribution in [-0.2, 0) is 6.54 Å². The molecule has 0 saturated heterocycles. The maximum Gasteiger partial charge on any atom is 0.339 e. The highest BCUT2D eigenvalue weighted by molar-refractivity contribution is 5.88. The number of carbonyl (C=O) groups is 1. The van der Waals surface area contributed by atoms with Crippen LogP contribution in [0.4, 0.5) is 0 Å². The van der Waals surface area contributed by atoms with Gasteiger partial charge in [-0.15, -0.1) is 0 Å². The zero-order valence-corrected chi connectivity index (χ0v) is 10.2. The monoisotopic (exact) mass is 250 g/mol. The first-order chi connectivity index (χ1) is 8.60. The molecule has 0 atom stereocenters. The molecule has 0 aromatic carbocycles. The van der Waals surface area contributed by atoms with E-state index in [1.807, 2.05) is 6.92 Å². The molecule has 0 unspecified atom stereocenters. The first-order valence-corrected chi connectivity index (χ1v) is 5.58. The summed E-state index contributed by atoms with van der Waals surface area (Å²) in [5.74, 6) is 0.642. The number of aryl methyl sites for hydroxylation is 1.